The average molecular weight is 430 g/mol. The Labute approximate surface area is 184 Å². The van der Waals surface area contributed by atoms with Crippen LogP contribution in [-0.2, 0) is 6.42 Å². The molecule has 10 nitrogen and oxygen atoms in total. The molecule has 10 heteroatoms. The number of pyridine rings is 1. The predicted molar refractivity (Wildman–Crippen MR) is 122 cm³/mol. The molecule has 0 saturated heterocycles. The Hall–Kier alpha value is -4.34. The van der Waals surface area contributed by atoms with Gasteiger partial charge in [-0.15, -0.1) is 0 Å². The number of nitrogens with zero attached hydrogens (tertiary/aromatic N) is 6. The molecule has 162 valence electrons. The monoisotopic (exact) mass is 430 g/mol. The number of anilines is 2. The number of aryl methyl sites for hydroxylation is 1. The number of aromatic nitrogens is 5. The van der Waals surface area contributed by atoms with E-state index in [1.165, 1.54) is 17.8 Å². The molecular weight excluding hydrogens is 408 g/mol. The summed E-state index contributed by atoms with van der Waals surface area (Å²) in [6.07, 6.45) is 9.26. The molecule has 4 aromatic rings. The summed E-state index contributed by atoms with van der Waals surface area (Å²) in [4.78, 5) is 27.6. The van der Waals surface area contributed by atoms with E-state index in [0.717, 1.165) is 23.4 Å². The first-order valence-corrected chi connectivity index (χ1v) is 10.2. The third kappa shape index (κ3) is 4.86. The highest BCUT2D eigenvalue weighted by atomic mass is 16.6. The van der Waals surface area contributed by atoms with Crippen molar-refractivity contribution in [1.29, 1.82) is 0 Å². The van der Waals surface area contributed by atoms with Gasteiger partial charge in [-0.25, -0.2) is 19.9 Å². The minimum atomic E-state index is -0.476. The molecule has 0 amide bonds. The molecule has 2 N–H and O–H groups in total. The summed E-state index contributed by atoms with van der Waals surface area (Å²) < 4.78 is 1.88. The van der Waals surface area contributed by atoms with Crippen LogP contribution in [0.15, 0.2) is 67.5 Å². The molecule has 0 aliphatic rings. The summed E-state index contributed by atoms with van der Waals surface area (Å²) in [7, 11) is 0. The van der Waals surface area contributed by atoms with E-state index in [2.05, 4.69) is 56.8 Å². The number of imidazole rings is 1. The normalized spacial score (nSPS) is 10.7. The minimum absolute atomic E-state index is 0.0421. The summed E-state index contributed by atoms with van der Waals surface area (Å²) in [5.74, 6) is 1.06. The van der Waals surface area contributed by atoms with Crippen molar-refractivity contribution in [1.82, 2.24) is 24.5 Å². The fourth-order valence-electron chi connectivity index (χ4n) is 3.13. The number of nitrogens with one attached hydrogen (secondary N) is 2. The summed E-state index contributed by atoms with van der Waals surface area (Å²) in [5, 5.41) is 17.0. The molecular formula is C22H22N8O2. The smallest absolute Gasteiger partial charge is 0.287 e. The lowest BCUT2D eigenvalue weighted by atomic mass is 10.1. The van der Waals surface area contributed by atoms with Gasteiger partial charge in [0, 0.05) is 37.1 Å². The van der Waals surface area contributed by atoms with Crippen molar-refractivity contribution in [3.63, 3.8) is 0 Å². The highest BCUT2D eigenvalue weighted by molar-refractivity contribution is 5.70. The van der Waals surface area contributed by atoms with E-state index in [-0.39, 0.29) is 5.69 Å². The van der Waals surface area contributed by atoms with Gasteiger partial charge in [0.25, 0.3) is 5.69 Å². The van der Waals surface area contributed by atoms with Crippen LogP contribution in [0.3, 0.4) is 0 Å². The Bertz CT molecular complexity index is 1180. The predicted octanol–water partition coefficient (Wildman–Crippen LogP) is 3.72. The van der Waals surface area contributed by atoms with Crippen LogP contribution in [0.2, 0.25) is 0 Å². The summed E-state index contributed by atoms with van der Waals surface area (Å²) in [6, 6.07) is 11.3. The van der Waals surface area contributed by atoms with E-state index < -0.39 is 4.92 Å². The molecule has 4 rings (SSSR count). The van der Waals surface area contributed by atoms with Gasteiger partial charge >= 0.3 is 0 Å². The molecule has 3 aromatic heterocycles. The van der Waals surface area contributed by atoms with Crippen molar-refractivity contribution >= 4 is 17.5 Å². The van der Waals surface area contributed by atoms with Crippen LogP contribution in [0, 0.1) is 10.1 Å². The SMILES string of the molecule is CCc1ccc(-c2nc(NCCNc3ccc([N+](=O)[O-])cn3)ncc2-n2ccnc2)cc1. The highest BCUT2D eigenvalue weighted by Crippen LogP contribution is 2.26. The van der Waals surface area contributed by atoms with Crippen LogP contribution in [0.4, 0.5) is 17.5 Å². The Morgan fingerprint density at radius 2 is 1.84 bits per heavy atom. The van der Waals surface area contributed by atoms with Crippen LogP contribution < -0.4 is 10.6 Å². The second-order valence-electron chi connectivity index (χ2n) is 6.96. The zero-order valence-electron chi connectivity index (χ0n) is 17.5. The lowest BCUT2D eigenvalue weighted by Crippen LogP contribution is -2.16. The third-order valence-electron chi connectivity index (χ3n) is 4.86. The van der Waals surface area contributed by atoms with Crippen molar-refractivity contribution in [3.8, 4) is 16.9 Å². The first-order valence-electron chi connectivity index (χ1n) is 10.2. The lowest BCUT2D eigenvalue weighted by Gasteiger charge is -2.13. The number of nitro groups is 1. The van der Waals surface area contributed by atoms with Gasteiger partial charge < -0.3 is 15.2 Å². The van der Waals surface area contributed by atoms with Gasteiger partial charge in [-0.3, -0.25) is 10.1 Å². The van der Waals surface area contributed by atoms with E-state index >= 15 is 0 Å². The maximum atomic E-state index is 10.7. The molecule has 3 heterocycles. The summed E-state index contributed by atoms with van der Waals surface area (Å²) in [5.41, 5.74) is 3.85. The molecule has 0 unspecified atom stereocenters. The second kappa shape index (κ2) is 9.65. The quantitative estimate of drug-likeness (QED) is 0.234. The van der Waals surface area contributed by atoms with E-state index in [1.54, 1.807) is 24.8 Å². The molecule has 0 aliphatic carbocycles. The van der Waals surface area contributed by atoms with Gasteiger partial charge in [-0.1, -0.05) is 31.2 Å². The van der Waals surface area contributed by atoms with Crippen LogP contribution in [-0.4, -0.2) is 42.5 Å². The Balaban J connectivity index is 1.46. The topological polar surface area (TPSA) is 124 Å². The lowest BCUT2D eigenvalue weighted by molar-refractivity contribution is -0.385. The molecule has 0 bridgehead atoms. The van der Waals surface area contributed by atoms with Crippen molar-refractivity contribution < 1.29 is 4.92 Å². The van der Waals surface area contributed by atoms with Gasteiger partial charge in [0.05, 0.1) is 28.8 Å². The zero-order chi connectivity index (χ0) is 22.3. The molecule has 0 saturated carbocycles. The molecule has 0 fully saturated rings. The van der Waals surface area contributed by atoms with Gasteiger partial charge in [-0.2, -0.15) is 0 Å². The van der Waals surface area contributed by atoms with Crippen LogP contribution in [0.1, 0.15) is 12.5 Å². The van der Waals surface area contributed by atoms with Gasteiger partial charge in [0.2, 0.25) is 5.95 Å². The molecule has 0 aliphatic heterocycles. The van der Waals surface area contributed by atoms with Gasteiger partial charge in [-0.05, 0) is 18.1 Å². The van der Waals surface area contributed by atoms with Crippen LogP contribution in [0.5, 0.6) is 0 Å². The summed E-state index contributed by atoms with van der Waals surface area (Å²) >= 11 is 0. The molecule has 0 spiro atoms. The number of benzene rings is 1. The number of rotatable bonds is 9. The summed E-state index contributed by atoms with van der Waals surface area (Å²) in [6.45, 7) is 3.20. The first-order chi connectivity index (χ1) is 15.6. The fraction of sp³-hybridized carbons (Fsp3) is 0.182. The van der Waals surface area contributed by atoms with Crippen molar-refractivity contribution in [2.75, 3.05) is 23.7 Å². The van der Waals surface area contributed by atoms with E-state index in [9.17, 15) is 10.1 Å². The standard InChI is InChI=1S/C22H22N8O2/c1-2-16-3-5-17(6-4-16)21-19(29-12-11-23-15-29)14-27-22(28-21)25-10-9-24-20-8-7-18(13-26-20)30(31)32/h3-8,11-15H,2,9-10H2,1H3,(H,24,26)(H,25,27,28). The average Bonchev–Trinajstić information content (AvgIpc) is 3.37. The fourth-order valence-corrected chi connectivity index (χ4v) is 3.13. The molecule has 32 heavy (non-hydrogen) atoms. The van der Waals surface area contributed by atoms with Crippen molar-refractivity contribution in [2.24, 2.45) is 0 Å². The molecule has 0 radical (unpaired) electrons. The Morgan fingerprint density at radius 1 is 1.03 bits per heavy atom. The Kier molecular flexibility index (Phi) is 6.30. The second-order valence-corrected chi connectivity index (χ2v) is 6.96. The maximum absolute atomic E-state index is 10.7. The van der Waals surface area contributed by atoms with E-state index in [1.807, 2.05) is 10.8 Å². The van der Waals surface area contributed by atoms with Crippen LogP contribution in [0.25, 0.3) is 16.9 Å². The van der Waals surface area contributed by atoms with E-state index in [0.29, 0.717) is 24.9 Å². The van der Waals surface area contributed by atoms with Crippen molar-refractivity contribution in [2.45, 2.75) is 13.3 Å². The number of hydrogen-bond donors (Lipinski definition) is 2. The first kappa shape index (κ1) is 20.9. The minimum Gasteiger partial charge on any atom is -0.368 e. The van der Waals surface area contributed by atoms with Gasteiger partial charge in [0.1, 0.15) is 12.0 Å². The van der Waals surface area contributed by atoms with Crippen LogP contribution >= 0.6 is 0 Å². The third-order valence-corrected chi connectivity index (χ3v) is 4.86. The van der Waals surface area contributed by atoms with Gasteiger partial charge in [0.15, 0.2) is 0 Å². The molecule has 0 atom stereocenters. The zero-order valence-corrected chi connectivity index (χ0v) is 17.5. The van der Waals surface area contributed by atoms with E-state index in [4.69, 9.17) is 4.98 Å². The maximum Gasteiger partial charge on any atom is 0.287 e. The highest BCUT2D eigenvalue weighted by Gasteiger charge is 2.12. The number of hydrogen-bond acceptors (Lipinski definition) is 8. The largest absolute Gasteiger partial charge is 0.368 e. The molecule has 1 aromatic carbocycles. The Morgan fingerprint density at radius 3 is 2.50 bits per heavy atom. The van der Waals surface area contributed by atoms with Crippen molar-refractivity contribution in [3.05, 3.63) is 83.2 Å².